The van der Waals surface area contributed by atoms with Crippen LogP contribution in [0.1, 0.15) is 19.8 Å². The summed E-state index contributed by atoms with van der Waals surface area (Å²) in [5, 5.41) is 0.688. The Labute approximate surface area is 143 Å². The maximum atomic E-state index is 11.5. The van der Waals surface area contributed by atoms with Gasteiger partial charge in [-0.3, -0.25) is 0 Å². The van der Waals surface area contributed by atoms with Crippen molar-refractivity contribution in [2.24, 2.45) is 0 Å². The molecule has 0 N–H and O–H groups in total. The van der Waals surface area contributed by atoms with Gasteiger partial charge in [-0.1, -0.05) is 48.1 Å². The number of halogens is 3. The van der Waals surface area contributed by atoms with Gasteiger partial charge in [0.2, 0.25) is 0 Å². The normalized spacial score (nSPS) is 10.2. The Morgan fingerprint density at radius 2 is 1.59 bits per heavy atom. The maximum absolute atomic E-state index is 11.5. The van der Waals surface area contributed by atoms with Crippen LogP contribution < -0.4 is 4.74 Å². The monoisotopic (exact) mass is 368 g/mol. The van der Waals surface area contributed by atoms with E-state index in [1.54, 1.807) is 0 Å². The lowest BCUT2D eigenvalue weighted by Crippen LogP contribution is -2.21. The zero-order valence-corrected chi connectivity index (χ0v) is 14.1. The molecule has 0 heterocycles. The molecule has 0 saturated carbocycles. The highest BCUT2D eigenvalue weighted by Gasteiger charge is 2.13. The lowest BCUT2D eigenvalue weighted by molar-refractivity contribution is -0.159. The second-order valence-electron chi connectivity index (χ2n) is 4.22. The van der Waals surface area contributed by atoms with Crippen LogP contribution in [0, 0.1) is 0 Å². The first-order valence-electron chi connectivity index (χ1n) is 6.52. The summed E-state index contributed by atoms with van der Waals surface area (Å²) in [7, 11) is 0. The fraction of sp³-hybridized carbons (Fsp3) is 0.429. The molecule has 5 nitrogen and oxygen atoms in total. The van der Waals surface area contributed by atoms with Gasteiger partial charge in [0.05, 0.1) is 16.7 Å². The summed E-state index contributed by atoms with van der Waals surface area (Å²) in [4.78, 5) is 22.7. The van der Waals surface area contributed by atoms with E-state index >= 15 is 0 Å². The summed E-state index contributed by atoms with van der Waals surface area (Å²) in [5.41, 5.74) is 0. The molecule has 0 aliphatic heterocycles. The molecule has 0 radical (unpaired) electrons. The van der Waals surface area contributed by atoms with Crippen LogP contribution in [0.25, 0.3) is 0 Å². The lowest BCUT2D eigenvalue weighted by Gasteiger charge is -2.10. The van der Waals surface area contributed by atoms with Crippen LogP contribution in [0.15, 0.2) is 12.1 Å². The number of ether oxygens (including phenoxy) is 3. The predicted molar refractivity (Wildman–Crippen MR) is 83.8 cm³/mol. The van der Waals surface area contributed by atoms with Crippen LogP contribution in [-0.4, -0.2) is 31.8 Å². The van der Waals surface area contributed by atoms with Crippen molar-refractivity contribution in [3.05, 3.63) is 27.2 Å². The third-order valence-electron chi connectivity index (χ3n) is 2.41. The van der Waals surface area contributed by atoms with Crippen molar-refractivity contribution in [2.45, 2.75) is 19.8 Å². The molecule has 22 heavy (non-hydrogen) atoms. The van der Waals surface area contributed by atoms with E-state index in [1.807, 2.05) is 6.92 Å². The van der Waals surface area contributed by atoms with Crippen molar-refractivity contribution in [3.63, 3.8) is 0 Å². The number of unbranched alkanes of at least 4 members (excludes halogenated alkanes) is 1. The summed E-state index contributed by atoms with van der Waals surface area (Å²) in [6.07, 6.45) is 1.67. The Hall–Kier alpha value is -1.17. The average Bonchev–Trinajstić information content (AvgIpc) is 2.44. The zero-order valence-electron chi connectivity index (χ0n) is 11.9. The number of rotatable bonds is 8. The highest BCUT2D eigenvalue weighted by molar-refractivity contribution is 6.40. The second-order valence-corrected chi connectivity index (χ2v) is 5.47. The average molecular weight is 370 g/mol. The molecule has 0 atom stereocenters. The molecule has 0 fully saturated rings. The molecular formula is C14H15Cl3O5. The highest BCUT2D eigenvalue weighted by Crippen LogP contribution is 2.35. The molecule has 0 aliphatic rings. The number of benzene rings is 1. The molecule has 0 aliphatic carbocycles. The lowest BCUT2D eigenvalue weighted by atomic mass is 10.3. The van der Waals surface area contributed by atoms with Crippen molar-refractivity contribution < 1.29 is 23.8 Å². The van der Waals surface area contributed by atoms with Crippen molar-refractivity contribution in [2.75, 3.05) is 19.8 Å². The molecule has 0 saturated heterocycles. The fourth-order valence-corrected chi connectivity index (χ4v) is 2.28. The third kappa shape index (κ3) is 6.73. The van der Waals surface area contributed by atoms with E-state index in [0.717, 1.165) is 12.8 Å². The fourth-order valence-electron chi connectivity index (χ4n) is 1.35. The van der Waals surface area contributed by atoms with Gasteiger partial charge in [0.1, 0.15) is 0 Å². The van der Waals surface area contributed by atoms with Crippen LogP contribution in [0.3, 0.4) is 0 Å². The Kier molecular flexibility index (Phi) is 8.38. The number of hydrogen-bond acceptors (Lipinski definition) is 5. The first-order valence-corrected chi connectivity index (χ1v) is 7.66. The van der Waals surface area contributed by atoms with Crippen LogP contribution in [0.2, 0.25) is 15.1 Å². The largest absolute Gasteiger partial charge is 0.479 e. The maximum Gasteiger partial charge on any atom is 0.344 e. The van der Waals surface area contributed by atoms with Gasteiger partial charge >= 0.3 is 11.9 Å². The van der Waals surface area contributed by atoms with Gasteiger partial charge in [0.15, 0.2) is 19.0 Å². The van der Waals surface area contributed by atoms with E-state index in [-0.39, 0.29) is 15.8 Å². The molecule has 122 valence electrons. The summed E-state index contributed by atoms with van der Waals surface area (Å²) >= 11 is 17.5. The molecule has 8 heteroatoms. The number of hydrogen-bond donors (Lipinski definition) is 0. The van der Waals surface area contributed by atoms with Crippen molar-refractivity contribution in [1.29, 1.82) is 0 Å². The standard InChI is InChI=1S/C14H15Cl3O5/c1-2-3-4-20-12(18)7-21-13(19)8-22-14-10(16)5-9(15)6-11(14)17/h5-6H,2-4,7-8H2,1H3. The van der Waals surface area contributed by atoms with E-state index in [9.17, 15) is 9.59 Å². The Morgan fingerprint density at radius 3 is 2.18 bits per heavy atom. The van der Waals surface area contributed by atoms with Gasteiger partial charge in [-0.05, 0) is 18.6 Å². The van der Waals surface area contributed by atoms with Crippen LogP contribution in [-0.2, 0) is 19.1 Å². The molecule has 0 spiro atoms. The second kappa shape index (κ2) is 9.77. The van der Waals surface area contributed by atoms with E-state index in [1.165, 1.54) is 12.1 Å². The third-order valence-corrected chi connectivity index (χ3v) is 3.19. The van der Waals surface area contributed by atoms with Crippen molar-refractivity contribution >= 4 is 46.7 Å². The summed E-state index contributed by atoms with van der Waals surface area (Å²) in [5.74, 6) is -1.23. The van der Waals surface area contributed by atoms with E-state index in [2.05, 4.69) is 0 Å². The summed E-state index contributed by atoms with van der Waals surface area (Å²) in [6, 6.07) is 2.86. The van der Waals surface area contributed by atoms with Gasteiger partial charge < -0.3 is 14.2 Å². The van der Waals surface area contributed by atoms with Crippen LogP contribution in [0.5, 0.6) is 5.75 Å². The Morgan fingerprint density at radius 1 is 1.00 bits per heavy atom. The minimum absolute atomic E-state index is 0.121. The van der Waals surface area contributed by atoms with Gasteiger partial charge in [-0.2, -0.15) is 0 Å². The smallest absolute Gasteiger partial charge is 0.344 e. The van der Waals surface area contributed by atoms with Gasteiger partial charge in [0, 0.05) is 5.02 Å². The Bertz CT molecular complexity index is 510. The molecule has 0 amide bonds. The van der Waals surface area contributed by atoms with E-state index < -0.39 is 25.2 Å². The highest BCUT2D eigenvalue weighted by atomic mass is 35.5. The van der Waals surface area contributed by atoms with E-state index in [0.29, 0.717) is 11.6 Å². The van der Waals surface area contributed by atoms with Crippen molar-refractivity contribution in [3.8, 4) is 5.75 Å². The summed E-state index contributed by atoms with van der Waals surface area (Å²) in [6.45, 7) is 1.37. The van der Waals surface area contributed by atoms with E-state index in [4.69, 9.17) is 49.0 Å². The molecule has 1 aromatic carbocycles. The van der Waals surface area contributed by atoms with Gasteiger partial charge in [-0.15, -0.1) is 0 Å². The first-order chi connectivity index (χ1) is 10.4. The molecule has 0 unspecified atom stereocenters. The van der Waals surface area contributed by atoms with Gasteiger partial charge in [-0.25, -0.2) is 9.59 Å². The van der Waals surface area contributed by atoms with Gasteiger partial charge in [0.25, 0.3) is 0 Å². The predicted octanol–water partition coefficient (Wildman–Crippen LogP) is 3.91. The van der Waals surface area contributed by atoms with Crippen LogP contribution in [0.4, 0.5) is 0 Å². The Balaban J connectivity index is 2.36. The van der Waals surface area contributed by atoms with Crippen molar-refractivity contribution in [1.82, 2.24) is 0 Å². The minimum Gasteiger partial charge on any atom is -0.479 e. The quantitative estimate of drug-likeness (QED) is 0.513. The zero-order chi connectivity index (χ0) is 16.5. The minimum atomic E-state index is -0.741. The topological polar surface area (TPSA) is 61.8 Å². The summed E-state index contributed by atoms with van der Waals surface area (Å²) < 4.78 is 14.7. The molecule has 1 aromatic rings. The molecule has 0 bridgehead atoms. The SMILES string of the molecule is CCCCOC(=O)COC(=O)COc1c(Cl)cc(Cl)cc1Cl. The molecular weight excluding hydrogens is 355 g/mol. The number of esters is 2. The number of carbonyl (C=O) groups is 2. The first kappa shape index (κ1) is 18.9. The van der Waals surface area contributed by atoms with Crippen LogP contribution >= 0.6 is 34.8 Å². The number of carbonyl (C=O) groups excluding carboxylic acids is 2. The molecule has 1 rings (SSSR count). The molecule has 0 aromatic heterocycles.